The summed E-state index contributed by atoms with van der Waals surface area (Å²) in [5, 5.41) is 3.16. The second-order valence-electron chi connectivity index (χ2n) is 4.39. The number of carbonyl (C=O) groups is 2. The molecule has 0 radical (unpaired) electrons. The number of amides is 1. The lowest BCUT2D eigenvalue weighted by Gasteiger charge is -2.10. The first-order chi connectivity index (χ1) is 9.65. The SMILES string of the molecule is O=C(Nc1ccccc1)C1C(=O)Sc2cc(Cl)ccc21. The van der Waals surface area contributed by atoms with E-state index in [-0.39, 0.29) is 11.0 Å². The molecule has 1 N–H and O–H groups in total. The molecule has 1 aliphatic rings. The van der Waals surface area contributed by atoms with Crippen LogP contribution in [0.5, 0.6) is 0 Å². The highest BCUT2D eigenvalue weighted by Crippen LogP contribution is 2.42. The third-order valence-electron chi connectivity index (χ3n) is 3.04. The molecule has 0 fully saturated rings. The zero-order valence-electron chi connectivity index (χ0n) is 10.3. The summed E-state index contributed by atoms with van der Waals surface area (Å²) in [7, 11) is 0. The maximum atomic E-state index is 12.3. The molecule has 1 heterocycles. The van der Waals surface area contributed by atoms with Gasteiger partial charge in [0.15, 0.2) is 0 Å². The lowest BCUT2D eigenvalue weighted by Crippen LogP contribution is -2.23. The van der Waals surface area contributed by atoms with Gasteiger partial charge in [0.1, 0.15) is 5.92 Å². The van der Waals surface area contributed by atoms with Crippen molar-refractivity contribution >= 4 is 40.1 Å². The molecule has 1 atom stereocenters. The highest BCUT2D eigenvalue weighted by Gasteiger charge is 2.37. The van der Waals surface area contributed by atoms with Crippen LogP contribution in [0, 0.1) is 0 Å². The van der Waals surface area contributed by atoms with Gasteiger partial charge in [-0.1, -0.05) is 47.6 Å². The van der Waals surface area contributed by atoms with E-state index in [1.807, 2.05) is 18.2 Å². The molecule has 2 aromatic carbocycles. The van der Waals surface area contributed by atoms with Gasteiger partial charge in [-0.05, 0) is 29.8 Å². The van der Waals surface area contributed by atoms with Crippen molar-refractivity contribution in [2.75, 3.05) is 5.32 Å². The van der Waals surface area contributed by atoms with Gasteiger partial charge in [0.05, 0.1) is 0 Å². The smallest absolute Gasteiger partial charge is 0.240 e. The van der Waals surface area contributed by atoms with Gasteiger partial charge in [-0.2, -0.15) is 0 Å². The molecule has 0 saturated carbocycles. The van der Waals surface area contributed by atoms with Gasteiger partial charge in [0.25, 0.3) is 0 Å². The van der Waals surface area contributed by atoms with Gasteiger partial charge in [0.2, 0.25) is 11.0 Å². The third-order valence-corrected chi connectivity index (χ3v) is 4.28. The first kappa shape index (κ1) is 13.2. The topological polar surface area (TPSA) is 46.2 Å². The Balaban J connectivity index is 1.88. The van der Waals surface area contributed by atoms with Crippen molar-refractivity contribution < 1.29 is 9.59 Å². The number of carbonyl (C=O) groups excluding carboxylic acids is 2. The maximum Gasteiger partial charge on any atom is 0.240 e. The molecule has 0 bridgehead atoms. The number of rotatable bonds is 2. The van der Waals surface area contributed by atoms with Crippen molar-refractivity contribution in [3.63, 3.8) is 0 Å². The number of benzene rings is 2. The minimum absolute atomic E-state index is 0.171. The van der Waals surface area contributed by atoms with Crippen LogP contribution in [0.2, 0.25) is 5.02 Å². The molecule has 1 amide bonds. The molecule has 3 nitrogen and oxygen atoms in total. The van der Waals surface area contributed by atoms with Crippen LogP contribution in [0.4, 0.5) is 5.69 Å². The zero-order valence-corrected chi connectivity index (χ0v) is 11.9. The zero-order chi connectivity index (χ0) is 14.1. The lowest BCUT2D eigenvalue weighted by atomic mass is 10.00. The van der Waals surface area contributed by atoms with Gasteiger partial charge in [-0.15, -0.1) is 0 Å². The standard InChI is InChI=1S/C15H10ClNO2S/c16-9-6-7-11-12(8-9)20-15(19)13(11)14(18)17-10-4-2-1-3-5-10/h1-8,13H,(H,17,18). The first-order valence-corrected chi connectivity index (χ1v) is 7.21. The summed E-state index contributed by atoms with van der Waals surface area (Å²) in [6.07, 6.45) is 0. The van der Waals surface area contributed by atoms with Gasteiger partial charge in [0, 0.05) is 15.6 Å². The summed E-state index contributed by atoms with van der Waals surface area (Å²) in [5.41, 5.74) is 1.40. The predicted molar refractivity (Wildman–Crippen MR) is 80.1 cm³/mol. The van der Waals surface area contributed by atoms with Crippen molar-refractivity contribution in [1.29, 1.82) is 0 Å². The highest BCUT2D eigenvalue weighted by atomic mass is 35.5. The fourth-order valence-corrected chi connectivity index (χ4v) is 3.41. The Hall–Kier alpha value is -1.78. The average Bonchev–Trinajstić information content (AvgIpc) is 2.74. The molecular formula is C15H10ClNO2S. The number of para-hydroxylation sites is 1. The molecule has 5 heteroatoms. The molecule has 20 heavy (non-hydrogen) atoms. The van der Waals surface area contributed by atoms with Gasteiger partial charge < -0.3 is 5.32 Å². The van der Waals surface area contributed by atoms with Crippen LogP contribution in [0.3, 0.4) is 0 Å². The number of halogens is 1. The highest BCUT2D eigenvalue weighted by molar-refractivity contribution is 8.14. The summed E-state index contributed by atoms with van der Waals surface area (Å²) < 4.78 is 0. The number of fused-ring (bicyclic) bond motifs is 1. The Morgan fingerprint density at radius 2 is 1.90 bits per heavy atom. The normalized spacial score (nSPS) is 16.9. The second kappa shape index (κ2) is 5.31. The molecule has 1 aliphatic heterocycles. The summed E-state index contributed by atoms with van der Waals surface area (Å²) >= 11 is 6.97. The van der Waals surface area contributed by atoms with E-state index in [0.29, 0.717) is 10.7 Å². The van der Waals surface area contributed by atoms with E-state index in [4.69, 9.17) is 11.6 Å². The van der Waals surface area contributed by atoms with E-state index in [1.54, 1.807) is 30.3 Å². The predicted octanol–water partition coefficient (Wildman–Crippen LogP) is 3.69. The monoisotopic (exact) mass is 303 g/mol. The molecule has 0 spiro atoms. The van der Waals surface area contributed by atoms with Crippen molar-refractivity contribution in [3.8, 4) is 0 Å². The molecule has 0 aliphatic carbocycles. The lowest BCUT2D eigenvalue weighted by molar-refractivity contribution is -0.123. The fourth-order valence-electron chi connectivity index (χ4n) is 2.11. The molecule has 0 saturated heterocycles. The second-order valence-corrected chi connectivity index (χ2v) is 5.87. The van der Waals surface area contributed by atoms with Crippen molar-refractivity contribution in [2.45, 2.75) is 10.8 Å². The molecule has 2 aromatic rings. The number of thioether (sulfide) groups is 1. The number of anilines is 1. The Morgan fingerprint density at radius 1 is 1.15 bits per heavy atom. The Kier molecular flexibility index (Phi) is 3.51. The largest absolute Gasteiger partial charge is 0.325 e. The molecule has 100 valence electrons. The summed E-state index contributed by atoms with van der Waals surface area (Å²) in [6, 6.07) is 14.2. The molecule has 3 rings (SSSR count). The Labute approximate surface area is 125 Å². The average molecular weight is 304 g/mol. The number of hydrogen-bond donors (Lipinski definition) is 1. The Morgan fingerprint density at radius 3 is 2.65 bits per heavy atom. The van der Waals surface area contributed by atoms with E-state index in [9.17, 15) is 9.59 Å². The summed E-state index contributed by atoms with van der Waals surface area (Å²) in [6.45, 7) is 0. The van der Waals surface area contributed by atoms with Crippen LogP contribution in [0.15, 0.2) is 53.4 Å². The van der Waals surface area contributed by atoms with Gasteiger partial charge >= 0.3 is 0 Å². The van der Waals surface area contributed by atoms with Crippen LogP contribution in [0.25, 0.3) is 0 Å². The Bertz CT molecular complexity index is 688. The fraction of sp³-hybridized carbons (Fsp3) is 0.0667. The first-order valence-electron chi connectivity index (χ1n) is 6.02. The van der Waals surface area contributed by atoms with E-state index < -0.39 is 5.92 Å². The summed E-state index contributed by atoms with van der Waals surface area (Å²) in [4.78, 5) is 25.1. The minimum atomic E-state index is -0.771. The van der Waals surface area contributed by atoms with Crippen molar-refractivity contribution in [1.82, 2.24) is 0 Å². The quantitative estimate of drug-likeness (QED) is 0.861. The molecular weight excluding hydrogens is 294 g/mol. The number of nitrogens with one attached hydrogen (secondary N) is 1. The van der Waals surface area contributed by atoms with Crippen molar-refractivity contribution in [2.24, 2.45) is 0 Å². The molecule has 0 aromatic heterocycles. The van der Waals surface area contributed by atoms with E-state index >= 15 is 0 Å². The third kappa shape index (κ3) is 2.44. The van der Waals surface area contributed by atoms with E-state index in [0.717, 1.165) is 22.2 Å². The van der Waals surface area contributed by atoms with E-state index in [1.165, 1.54) is 0 Å². The van der Waals surface area contributed by atoms with Crippen molar-refractivity contribution in [3.05, 3.63) is 59.1 Å². The van der Waals surface area contributed by atoms with Gasteiger partial charge in [-0.3, -0.25) is 9.59 Å². The van der Waals surface area contributed by atoms with Crippen LogP contribution < -0.4 is 5.32 Å². The number of hydrogen-bond acceptors (Lipinski definition) is 3. The minimum Gasteiger partial charge on any atom is -0.325 e. The molecule has 1 unspecified atom stereocenters. The van der Waals surface area contributed by atoms with Crippen LogP contribution >= 0.6 is 23.4 Å². The van der Waals surface area contributed by atoms with Crippen LogP contribution in [-0.2, 0) is 9.59 Å². The van der Waals surface area contributed by atoms with Crippen LogP contribution in [0.1, 0.15) is 11.5 Å². The summed E-state index contributed by atoms with van der Waals surface area (Å²) in [5.74, 6) is -1.08. The van der Waals surface area contributed by atoms with Crippen LogP contribution in [-0.4, -0.2) is 11.0 Å². The maximum absolute atomic E-state index is 12.3. The van der Waals surface area contributed by atoms with Gasteiger partial charge in [-0.25, -0.2) is 0 Å². The van der Waals surface area contributed by atoms with E-state index in [2.05, 4.69) is 5.32 Å².